The zero-order valence-electron chi connectivity index (χ0n) is 12.0. The normalized spacial score (nSPS) is 12.0. The third-order valence-electron chi connectivity index (χ3n) is 3.36. The summed E-state index contributed by atoms with van der Waals surface area (Å²) in [5, 5.41) is 7.93. The molecule has 1 amide bonds. The number of benzene rings is 1. The van der Waals surface area contributed by atoms with Crippen molar-refractivity contribution in [2.75, 3.05) is 0 Å². The zero-order valence-corrected chi connectivity index (χ0v) is 12.0. The van der Waals surface area contributed by atoms with Crippen LogP contribution in [0.5, 0.6) is 0 Å². The highest BCUT2D eigenvalue weighted by molar-refractivity contribution is 5.85. The Kier molecular flexibility index (Phi) is 3.65. The molecule has 2 heterocycles. The summed E-state index contributed by atoms with van der Waals surface area (Å²) in [5.74, 6) is -0.990. The van der Waals surface area contributed by atoms with E-state index in [-0.39, 0.29) is 0 Å². The third-order valence-corrected chi connectivity index (χ3v) is 3.36. The van der Waals surface area contributed by atoms with E-state index in [4.69, 9.17) is 5.73 Å². The molecule has 0 radical (unpaired) electrons. The first kappa shape index (κ1) is 13.9. The van der Waals surface area contributed by atoms with Crippen molar-refractivity contribution in [3.05, 3.63) is 71.8 Å². The first-order valence-electron chi connectivity index (χ1n) is 6.84. The lowest BCUT2D eigenvalue weighted by Gasteiger charge is -2.13. The van der Waals surface area contributed by atoms with Crippen LogP contribution in [0.1, 0.15) is 22.9 Å². The molecule has 0 saturated carbocycles. The van der Waals surface area contributed by atoms with Crippen LogP contribution in [0.15, 0.2) is 54.9 Å². The summed E-state index contributed by atoms with van der Waals surface area (Å²) in [7, 11) is 0. The number of nitrogens with two attached hydrogens (primary N) is 1. The van der Waals surface area contributed by atoms with Gasteiger partial charge in [-0.05, 0) is 24.6 Å². The van der Waals surface area contributed by atoms with Crippen LogP contribution in [0.3, 0.4) is 0 Å². The van der Waals surface area contributed by atoms with E-state index in [0.717, 1.165) is 16.9 Å². The van der Waals surface area contributed by atoms with E-state index in [0.29, 0.717) is 5.69 Å². The molecule has 0 spiro atoms. The smallest absolute Gasteiger partial charge is 0.231 e. The Hall–Kier alpha value is -3.02. The molecule has 1 atom stereocenters. The highest BCUT2D eigenvalue weighted by atomic mass is 16.1. The quantitative estimate of drug-likeness (QED) is 0.791. The standard InChI is InChI=1S/C16H15N5O/c1-11-10-21(20-19-11)13-7-8-14(18-9-13)15(16(17)22)12-5-3-2-4-6-12/h2-10,15H,1H3,(H2,17,22). The molecule has 2 N–H and O–H groups in total. The number of carbonyl (C=O) groups excluding carboxylic acids is 1. The number of amides is 1. The van der Waals surface area contributed by atoms with Crippen molar-refractivity contribution >= 4 is 5.91 Å². The first-order valence-corrected chi connectivity index (χ1v) is 6.84. The van der Waals surface area contributed by atoms with E-state index >= 15 is 0 Å². The molecule has 0 saturated heterocycles. The Bertz CT molecular complexity index is 780. The van der Waals surface area contributed by atoms with Gasteiger partial charge in [0.2, 0.25) is 5.91 Å². The summed E-state index contributed by atoms with van der Waals surface area (Å²) in [5.41, 5.74) is 8.58. The topological polar surface area (TPSA) is 86.7 Å². The minimum absolute atomic E-state index is 0.428. The molecule has 1 unspecified atom stereocenters. The van der Waals surface area contributed by atoms with Crippen LogP contribution in [-0.2, 0) is 4.79 Å². The van der Waals surface area contributed by atoms with Crippen LogP contribution in [0.25, 0.3) is 5.69 Å². The van der Waals surface area contributed by atoms with Crippen molar-refractivity contribution in [2.24, 2.45) is 5.73 Å². The van der Waals surface area contributed by atoms with Crippen LogP contribution in [0.2, 0.25) is 0 Å². The molecular formula is C16H15N5O. The molecule has 110 valence electrons. The van der Waals surface area contributed by atoms with Crippen LogP contribution in [0.4, 0.5) is 0 Å². The number of rotatable bonds is 4. The molecule has 22 heavy (non-hydrogen) atoms. The lowest BCUT2D eigenvalue weighted by Crippen LogP contribution is -2.23. The van der Waals surface area contributed by atoms with Crippen molar-refractivity contribution in [1.29, 1.82) is 0 Å². The van der Waals surface area contributed by atoms with Gasteiger partial charge in [-0.3, -0.25) is 9.78 Å². The van der Waals surface area contributed by atoms with E-state index in [9.17, 15) is 4.79 Å². The minimum atomic E-state index is -0.562. The summed E-state index contributed by atoms with van der Waals surface area (Å²) in [4.78, 5) is 16.2. The lowest BCUT2D eigenvalue weighted by atomic mass is 9.94. The molecule has 0 bridgehead atoms. The number of nitrogens with zero attached hydrogens (tertiary/aromatic N) is 4. The second kappa shape index (κ2) is 5.77. The Morgan fingerprint density at radius 1 is 1.18 bits per heavy atom. The maximum atomic E-state index is 11.8. The Morgan fingerprint density at radius 3 is 2.50 bits per heavy atom. The van der Waals surface area contributed by atoms with E-state index in [1.165, 1.54) is 0 Å². The number of primary amides is 1. The van der Waals surface area contributed by atoms with Crippen LogP contribution >= 0.6 is 0 Å². The van der Waals surface area contributed by atoms with E-state index in [2.05, 4.69) is 15.3 Å². The van der Waals surface area contributed by atoms with Crippen molar-refractivity contribution in [3.63, 3.8) is 0 Å². The molecule has 6 nitrogen and oxygen atoms in total. The monoisotopic (exact) mass is 293 g/mol. The fourth-order valence-electron chi connectivity index (χ4n) is 2.30. The van der Waals surface area contributed by atoms with Gasteiger partial charge in [0.25, 0.3) is 0 Å². The molecule has 0 aliphatic heterocycles. The summed E-state index contributed by atoms with van der Waals surface area (Å²) < 4.78 is 1.63. The molecule has 0 aliphatic carbocycles. The number of aryl methyl sites for hydroxylation is 1. The zero-order chi connectivity index (χ0) is 15.5. The van der Waals surface area contributed by atoms with Gasteiger partial charge in [-0.1, -0.05) is 35.5 Å². The summed E-state index contributed by atoms with van der Waals surface area (Å²) in [6.07, 6.45) is 3.46. The second-order valence-electron chi connectivity index (χ2n) is 4.99. The maximum Gasteiger partial charge on any atom is 0.231 e. The molecule has 1 aromatic carbocycles. The SMILES string of the molecule is Cc1cn(-c2ccc(C(C(N)=O)c3ccccc3)nc2)nn1. The number of hydrogen-bond donors (Lipinski definition) is 1. The maximum absolute atomic E-state index is 11.8. The molecular weight excluding hydrogens is 278 g/mol. The third kappa shape index (κ3) is 2.71. The average molecular weight is 293 g/mol. The van der Waals surface area contributed by atoms with Gasteiger partial charge in [-0.15, -0.1) is 5.10 Å². The number of carbonyl (C=O) groups is 1. The Labute approximate surface area is 127 Å². The van der Waals surface area contributed by atoms with E-state index < -0.39 is 11.8 Å². The van der Waals surface area contributed by atoms with Crippen LogP contribution in [0, 0.1) is 6.92 Å². The van der Waals surface area contributed by atoms with Gasteiger partial charge in [0.15, 0.2) is 0 Å². The largest absolute Gasteiger partial charge is 0.369 e. The summed E-state index contributed by atoms with van der Waals surface area (Å²) in [6.45, 7) is 1.86. The Morgan fingerprint density at radius 2 is 1.95 bits per heavy atom. The predicted octanol–water partition coefficient (Wildman–Crippen LogP) is 1.59. The molecule has 2 aromatic heterocycles. The summed E-state index contributed by atoms with van der Waals surface area (Å²) in [6, 6.07) is 13.0. The molecule has 0 aliphatic rings. The molecule has 3 rings (SSSR count). The number of pyridine rings is 1. The highest BCUT2D eigenvalue weighted by Crippen LogP contribution is 2.23. The van der Waals surface area contributed by atoms with Crippen molar-refractivity contribution in [2.45, 2.75) is 12.8 Å². The van der Waals surface area contributed by atoms with Crippen LogP contribution in [-0.4, -0.2) is 25.9 Å². The van der Waals surface area contributed by atoms with Gasteiger partial charge in [0, 0.05) is 0 Å². The van der Waals surface area contributed by atoms with Crippen LogP contribution < -0.4 is 5.73 Å². The highest BCUT2D eigenvalue weighted by Gasteiger charge is 2.21. The number of hydrogen-bond acceptors (Lipinski definition) is 4. The fraction of sp³-hybridized carbons (Fsp3) is 0.125. The van der Waals surface area contributed by atoms with Gasteiger partial charge >= 0.3 is 0 Å². The van der Waals surface area contributed by atoms with Gasteiger partial charge in [0.05, 0.1) is 29.5 Å². The fourth-order valence-corrected chi connectivity index (χ4v) is 2.30. The first-order chi connectivity index (χ1) is 10.6. The number of aromatic nitrogens is 4. The minimum Gasteiger partial charge on any atom is -0.369 e. The van der Waals surface area contributed by atoms with Gasteiger partial charge in [0.1, 0.15) is 5.92 Å². The van der Waals surface area contributed by atoms with Crippen molar-refractivity contribution in [1.82, 2.24) is 20.0 Å². The summed E-state index contributed by atoms with van der Waals surface area (Å²) >= 11 is 0. The molecule has 6 heteroatoms. The van der Waals surface area contributed by atoms with Gasteiger partial charge in [-0.25, -0.2) is 4.68 Å². The van der Waals surface area contributed by atoms with Gasteiger partial charge in [-0.2, -0.15) is 0 Å². The average Bonchev–Trinajstić information content (AvgIpc) is 2.95. The van der Waals surface area contributed by atoms with E-state index in [1.807, 2.05) is 43.3 Å². The Balaban J connectivity index is 1.95. The van der Waals surface area contributed by atoms with Crippen molar-refractivity contribution < 1.29 is 4.79 Å². The second-order valence-corrected chi connectivity index (χ2v) is 4.99. The predicted molar refractivity (Wildman–Crippen MR) is 81.4 cm³/mol. The van der Waals surface area contributed by atoms with Gasteiger partial charge < -0.3 is 5.73 Å². The lowest BCUT2D eigenvalue weighted by molar-refractivity contribution is -0.118. The molecule has 3 aromatic rings. The van der Waals surface area contributed by atoms with Crippen molar-refractivity contribution in [3.8, 4) is 5.69 Å². The molecule has 0 fully saturated rings. The van der Waals surface area contributed by atoms with E-state index in [1.54, 1.807) is 23.1 Å².